The van der Waals surface area contributed by atoms with Gasteiger partial charge in [0.2, 0.25) is 0 Å². The van der Waals surface area contributed by atoms with Crippen molar-refractivity contribution < 1.29 is 13.3 Å². The van der Waals surface area contributed by atoms with Crippen molar-refractivity contribution in [2.45, 2.75) is 12.8 Å². The van der Waals surface area contributed by atoms with Crippen LogP contribution in [0.25, 0.3) is 11.0 Å². The van der Waals surface area contributed by atoms with Gasteiger partial charge in [0.25, 0.3) is 0 Å². The van der Waals surface area contributed by atoms with Crippen LogP contribution in [0.15, 0.2) is 16.8 Å². The molecule has 0 aliphatic carbocycles. The van der Waals surface area contributed by atoms with Crippen LogP contribution in [0.2, 0.25) is 0 Å². The minimum atomic E-state index is -0.644. The lowest BCUT2D eigenvalue weighted by molar-refractivity contribution is 0.453. The highest BCUT2D eigenvalue weighted by atomic mass is 19.1. The summed E-state index contributed by atoms with van der Waals surface area (Å²) in [5, 5.41) is 3.60. The van der Waals surface area contributed by atoms with Crippen molar-refractivity contribution in [2.24, 2.45) is 5.73 Å². The second-order valence-corrected chi connectivity index (χ2v) is 3.46. The van der Waals surface area contributed by atoms with Gasteiger partial charge in [0, 0.05) is 11.6 Å². The summed E-state index contributed by atoms with van der Waals surface area (Å²) in [7, 11) is 0. The standard InChI is InChI=1S/C10H10F2N2O/c1-5(3-13)9-7(11)2-8-6(10(9)12)4-14-15-8/h2,4-5H,3,13H2,1H3. The highest BCUT2D eigenvalue weighted by Gasteiger charge is 2.20. The van der Waals surface area contributed by atoms with Gasteiger partial charge in [-0.05, 0) is 12.5 Å². The number of hydrogen-bond donors (Lipinski definition) is 1. The predicted octanol–water partition coefficient (Wildman–Crippen LogP) is 2.17. The Labute approximate surface area is 84.8 Å². The van der Waals surface area contributed by atoms with Crippen LogP contribution in [0.4, 0.5) is 8.78 Å². The first kappa shape index (κ1) is 10.0. The Hall–Kier alpha value is -1.49. The molecular formula is C10H10F2N2O. The molecule has 0 spiro atoms. The smallest absolute Gasteiger partial charge is 0.172 e. The normalized spacial score (nSPS) is 13.3. The number of fused-ring (bicyclic) bond motifs is 1. The second kappa shape index (κ2) is 3.58. The zero-order valence-corrected chi connectivity index (χ0v) is 8.13. The Morgan fingerprint density at radius 3 is 2.93 bits per heavy atom. The fourth-order valence-corrected chi connectivity index (χ4v) is 1.53. The summed E-state index contributed by atoms with van der Waals surface area (Å²) < 4.78 is 32.0. The molecule has 0 saturated carbocycles. The van der Waals surface area contributed by atoms with Crippen LogP contribution in [0, 0.1) is 11.6 Å². The van der Waals surface area contributed by atoms with E-state index < -0.39 is 11.6 Å². The molecule has 80 valence electrons. The van der Waals surface area contributed by atoms with E-state index in [-0.39, 0.29) is 29.0 Å². The third kappa shape index (κ3) is 1.48. The summed E-state index contributed by atoms with van der Waals surface area (Å²) in [6.07, 6.45) is 1.23. The molecule has 0 bridgehead atoms. The van der Waals surface area contributed by atoms with E-state index in [2.05, 4.69) is 9.68 Å². The molecule has 2 rings (SSSR count). The third-order valence-electron chi connectivity index (χ3n) is 2.43. The van der Waals surface area contributed by atoms with Crippen LogP contribution in [-0.4, -0.2) is 11.7 Å². The molecule has 1 aromatic carbocycles. The van der Waals surface area contributed by atoms with Crippen molar-refractivity contribution in [2.75, 3.05) is 6.54 Å². The maximum Gasteiger partial charge on any atom is 0.172 e. The minimum Gasteiger partial charge on any atom is -0.356 e. The fraction of sp³-hybridized carbons (Fsp3) is 0.300. The number of nitrogens with two attached hydrogens (primary N) is 1. The van der Waals surface area contributed by atoms with Gasteiger partial charge in [-0.2, -0.15) is 0 Å². The van der Waals surface area contributed by atoms with Gasteiger partial charge in [0.15, 0.2) is 5.58 Å². The quantitative estimate of drug-likeness (QED) is 0.829. The van der Waals surface area contributed by atoms with Crippen LogP contribution in [0.1, 0.15) is 18.4 Å². The van der Waals surface area contributed by atoms with Crippen LogP contribution in [0.3, 0.4) is 0 Å². The third-order valence-corrected chi connectivity index (χ3v) is 2.43. The van der Waals surface area contributed by atoms with E-state index in [0.717, 1.165) is 6.07 Å². The maximum atomic E-state index is 13.8. The topological polar surface area (TPSA) is 52.0 Å². The monoisotopic (exact) mass is 212 g/mol. The van der Waals surface area contributed by atoms with Crippen molar-refractivity contribution in [1.29, 1.82) is 0 Å². The molecule has 1 atom stereocenters. The Kier molecular flexibility index (Phi) is 2.40. The molecule has 3 nitrogen and oxygen atoms in total. The molecule has 0 saturated heterocycles. The highest BCUT2D eigenvalue weighted by Crippen LogP contribution is 2.28. The molecule has 0 aliphatic rings. The van der Waals surface area contributed by atoms with Crippen molar-refractivity contribution in [1.82, 2.24) is 5.16 Å². The van der Waals surface area contributed by atoms with Crippen molar-refractivity contribution >= 4 is 11.0 Å². The number of hydrogen-bond acceptors (Lipinski definition) is 3. The molecule has 1 unspecified atom stereocenters. The first-order valence-corrected chi connectivity index (χ1v) is 4.57. The average Bonchev–Trinajstić information content (AvgIpc) is 2.65. The van der Waals surface area contributed by atoms with E-state index in [9.17, 15) is 8.78 Å². The van der Waals surface area contributed by atoms with Gasteiger partial charge in [0.1, 0.15) is 11.6 Å². The molecule has 0 amide bonds. The Morgan fingerprint density at radius 2 is 2.27 bits per heavy atom. The molecule has 1 aromatic heterocycles. The van der Waals surface area contributed by atoms with Crippen molar-refractivity contribution in [3.63, 3.8) is 0 Å². The summed E-state index contributed by atoms with van der Waals surface area (Å²) in [6, 6.07) is 1.13. The number of benzene rings is 1. The van der Waals surface area contributed by atoms with Gasteiger partial charge >= 0.3 is 0 Å². The minimum absolute atomic E-state index is 0.00630. The number of halogens is 2. The second-order valence-electron chi connectivity index (χ2n) is 3.46. The fourth-order valence-electron chi connectivity index (χ4n) is 1.53. The zero-order valence-electron chi connectivity index (χ0n) is 8.13. The molecule has 0 aliphatic heterocycles. The molecule has 1 heterocycles. The van der Waals surface area contributed by atoms with Gasteiger partial charge in [-0.15, -0.1) is 0 Å². The summed E-state index contributed by atoms with van der Waals surface area (Å²) in [5.41, 5.74) is 5.49. The van der Waals surface area contributed by atoms with E-state index in [1.54, 1.807) is 6.92 Å². The Bertz CT molecular complexity index is 495. The van der Waals surface area contributed by atoms with E-state index in [0.29, 0.717) is 0 Å². The van der Waals surface area contributed by atoms with Crippen LogP contribution in [-0.2, 0) is 0 Å². The molecule has 15 heavy (non-hydrogen) atoms. The number of rotatable bonds is 2. The van der Waals surface area contributed by atoms with Gasteiger partial charge in [-0.3, -0.25) is 0 Å². The lowest BCUT2D eigenvalue weighted by Crippen LogP contribution is -2.12. The van der Waals surface area contributed by atoms with Crippen LogP contribution in [0.5, 0.6) is 0 Å². The van der Waals surface area contributed by atoms with Gasteiger partial charge in [0.05, 0.1) is 11.6 Å². The summed E-state index contributed by atoms with van der Waals surface area (Å²) in [4.78, 5) is 0. The molecular weight excluding hydrogens is 202 g/mol. The summed E-state index contributed by atoms with van der Waals surface area (Å²) >= 11 is 0. The largest absolute Gasteiger partial charge is 0.356 e. The van der Waals surface area contributed by atoms with Crippen LogP contribution < -0.4 is 5.73 Å². The maximum absolute atomic E-state index is 13.8. The highest BCUT2D eigenvalue weighted by molar-refractivity contribution is 5.77. The summed E-state index contributed by atoms with van der Waals surface area (Å²) in [6.45, 7) is 1.85. The molecule has 0 fully saturated rings. The van der Waals surface area contributed by atoms with E-state index in [4.69, 9.17) is 5.73 Å². The first-order valence-electron chi connectivity index (χ1n) is 4.57. The first-order chi connectivity index (χ1) is 7.15. The molecule has 2 N–H and O–H groups in total. The Balaban J connectivity index is 2.72. The summed E-state index contributed by atoms with van der Waals surface area (Å²) in [5.74, 6) is -1.65. The van der Waals surface area contributed by atoms with Gasteiger partial charge in [-0.25, -0.2) is 8.78 Å². The lowest BCUT2D eigenvalue weighted by Gasteiger charge is -2.11. The lowest BCUT2D eigenvalue weighted by atomic mass is 9.98. The molecule has 2 aromatic rings. The zero-order chi connectivity index (χ0) is 11.0. The van der Waals surface area contributed by atoms with E-state index in [1.807, 2.05) is 0 Å². The SMILES string of the molecule is CC(CN)c1c(F)cc2oncc2c1F. The molecule has 5 heteroatoms. The predicted molar refractivity (Wildman–Crippen MR) is 51.4 cm³/mol. The van der Waals surface area contributed by atoms with E-state index in [1.165, 1.54) is 6.20 Å². The number of aromatic nitrogens is 1. The van der Waals surface area contributed by atoms with Gasteiger partial charge in [-0.1, -0.05) is 12.1 Å². The van der Waals surface area contributed by atoms with Crippen LogP contribution >= 0.6 is 0 Å². The van der Waals surface area contributed by atoms with Crippen molar-refractivity contribution in [3.05, 3.63) is 29.5 Å². The molecule has 0 radical (unpaired) electrons. The van der Waals surface area contributed by atoms with Crippen molar-refractivity contribution in [3.8, 4) is 0 Å². The van der Waals surface area contributed by atoms with E-state index >= 15 is 0 Å². The number of nitrogens with zero attached hydrogens (tertiary/aromatic N) is 1. The average molecular weight is 212 g/mol. The Morgan fingerprint density at radius 1 is 1.53 bits per heavy atom. The van der Waals surface area contributed by atoms with Gasteiger partial charge < -0.3 is 10.3 Å².